The number of amides is 1. The molecule has 1 N–H and O–H groups in total. The molecule has 160 valence electrons. The van der Waals surface area contributed by atoms with Gasteiger partial charge >= 0.3 is 0 Å². The minimum absolute atomic E-state index is 0.0901. The van der Waals surface area contributed by atoms with Crippen molar-refractivity contribution in [2.45, 2.75) is 57.1 Å². The van der Waals surface area contributed by atoms with Crippen LogP contribution in [0, 0.1) is 0 Å². The maximum atomic E-state index is 12.5. The number of hydrogen-bond donors (Lipinski definition) is 1. The number of nitrogens with zero attached hydrogens (tertiary/aromatic N) is 4. The molecule has 1 unspecified atom stereocenters. The zero-order chi connectivity index (χ0) is 21.2. The van der Waals surface area contributed by atoms with Crippen LogP contribution in [0.3, 0.4) is 0 Å². The van der Waals surface area contributed by atoms with Crippen molar-refractivity contribution in [2.24, 2.45) is 0 Å². The molecule has 0 spiro atoms. The van der Waals surface area contributed by atoms with Gasteiger partial charge in [-0.05, 0) is 44.5 Å². The Morgan fingerprint density at radius 2 is 2.07 bits per heavy atom. The van der Waals surface area contributed by atoms with Crippen molar-refractivity contribution in [3.05, 3.63) is 24.0 Å². The number of aromatic nitrogens is 2. The fourth-order valence-electron chi connectivity index (χ4n) is 3.85. The monoisotopic (exact) mass is 421 g/mol. The van der Waals surface area contributed by atoms with Gasteiger partial charge in [-0.3, -0.25) is 9.69 Å². The minimum Gasteiger partial charge on any atom is -0.352 e. The Balaban J connectivity index is 1.84. The molecule has 0 saturated carbocycles. The van der Waals surface area contributed by atoms with Crippen molar-refractivity contribution in [1.82, 2.24) is 24.1 Å². The number of fused-ring (bicyclic) bond motifs is 1. The minimum atomic E-state index is -3.49. The zero-order valence-corrected chi connectivity index (χ0v) is 18.5. The topological polar surface area (TPSA) is 87.5 Å². The third kappa shape index (κ3) is 4.62. The summed E-state index contributed by atoms with van der Waals surface area (Å²) < 4.78 is 28.2. The number of rotatable bonds is 7. The second-order valence-electron chi connectivity index (χ2n) is 7.71. The van der Waals surface area contributed by atoms with E-state index < -0.39 is 10.0 Å². The van der Waals surface area contributed by atoms with Crippen LogP contribution in [-0.2, 0) is 27.9 Å². The van der Waals surface area contributed by atoms with E-state index >= 15 is 0 Å². The lowest BCUT2D eigenvalue weighted by Crippen LogP contribution is -2.47. The van der Waals surface area contributed by atoms with E-state index in [0.29, 0.717) is 18.5 Å². The summed E-state index contributed by atoms with van der Waals surface area (Å²) in [7, 11) is -0.439. The highest BCUT2D eigenvalue weighted by Gasteiger charge is 2.24. The average molecular weight is 422 g/mol. The highest BCUT2D eigenvalue weighted by atomic mass is 32.2. The second kappa shape index (κ2) is 8.81. The van der Waals surface area contributed by atoms with Crippen LogP contribution in [0.2, 0.25) is 0 Å². The standard InChI is InChI=1S/C20H31N5O3S/c1-5-20(26)21-15-8-7-11-24(13-15)14-19-22-17-12-16(29(27,28)23(3)4)9-10-18(17)25(19)6-2/h9-10,12,15H,5-8,11,13-14H2,1-4H3,(H,21,26). The Hall–Kier alpha value is -1.97. The molecule has 0 radical (unpaired) electrons. The maximum Gasteiger partial charge on any atom is 0.242 e. The van der Waals surface area contributed by atoms with Gasteiger partial charge in [-0.1, -0.05) is 6.92 Å². The van der Waals surface area contributed by atoms with Gasteiger partial charge in [-0.25, -0.2) is 17.7 Å². The van der Waals surface area contributed by atoms with Crippen LogP contribution in [0.5, 0.6) is 0 Å². The molecule has 1 atom stereocenters. The number of sulfonamides is 1. The summed E-state index contributed by atoms with van der Waals surface area (Å²) in [5.41, 5.74) is 1.63. The predicted molar refractivity (Wildman–Crippen MR) is 113 cm³/mol. The van der Waals surface area contributed by atoms with Gasteiger partial charge in [-0.15, -0.1) is 0 Å². The van der Waals surface area contributed by atoms with Crippen LogP contribution in [-0.4, -0.2) is 66.3 Å². The summed E-state index contributed by atoms with van der Waals surface area (Å²) in [6.45, 7) is 7.14. The quantitative estimate of drug-likeness (QED) is 0.737. The number of imidazole rings is 1. The predicted octanol–water partition coefficient (Wildman–Crippen LogP) is 1.80. The van der Waals surface area contributed by atoms with Crippen LogP contribution in [0.15, 0.2) is 23.1 Å². The van der Waals surface area contributed by atoms with Crippen molar-refractivity contribution in [3.8, 4) is 0 Å². The van der Waals surface area contributed by atoms with Gasteiger partial charge < -0.3 is 9.88 Å². The number of likely N-dealkylation sites (tertiary alicyclic amines) is 1. The Morgan fingerprint density at radius 1 is 1.31 bits per heavy atom. The van der Waals surface area contributed by atoms with Crippen molar-refractivity contribution >= 4 is 27.0 Å². The van der Waals surface area contributed by atoms with E-state index in [1.807, 2.05) is 13.0 Å². The van der Waals surface area contributed by atoms with E-state index in [4.69, 9.17) is 4.98 Å². The van der Waals surface area contributed by atoms with Gasteiger partial charge in [0, 0.05) is 39.6 Å². The summed E-state index contributed by atoms with van der Waals surface area (Å²) in [4.78, 5) is 19.1. The molecule has 1 fully saturated rings. The number of carbonyl (C=O) groups excluding carboxylic acids is 1. The number of benzene rings is 1. The summed E-state index contributed by atoms with van der Waals surface area (Å²) in [5, 5.41) is 3.09. The summed E-state index contributed by atoms with van der Waals surface area (Å²) >= 11 is 0. The first-order valence-electron chi connectivity index (χ1n) is 10.2. The molecule has 29 heavy (non-hydrogen) atoms. The van der Waals surface area contributed by atoms with Crippen LogP contribution in [0.1, 0.15) is 38.9 Å². The SMILES string of the molecule is CCC(=O)NC1CCCN(Cc2nc3cc(S(=O)(=O)N(C)C)ccc3n2CC)C1. The lowest BCUT2D eigenvalue weighted by atomic mass is 10.1. The maximum absolute atomic E-state index is 12.5. The number of carbonyl (C=O) groups is 1. The lowest BCUT2D eigenvalue weighted by molar-refractivity contribution is -0.121. The third-order valence-electron chi connectivity index (χ3n) is 5.45. The molecule has 1 aromatic heterocycles. The summed E-state index contributed by atoms with van der Waals surface area (Å²) in [6, 6.07) is 5.31. The van der Waals surface area contributed by atoms with Crippen LogP contribution < -0.4 is 5.32 Å². The average Bonchev–Trinajstić information content (AvgIpc) is 3.03. The van der Waals surface area contributed by atoms with Crippen LogP contribution >= 0.6 is 0 Å². The van der Waals surface area contributed by atoms with Crippen molar-refractivity contribution < 1.29 is 13.2 Å². The number of aryl methyl sites for hydroxylation is 1. The fraction of sp³-hybridized carbons (Fsp3) is 0.600. The first kappa shape index (κ1) is 21.7. The highest BCUT2D eigenvalue weighted by molar-refractivity contribution is 7.89. The molecule has 1 aromatic carbocycles. The molecule has 0 bridgehead atoms. The van der Waals surface area contributed by atoms with Gasteiger partial charge in [-0.2, -0.15) is 0 Å². The van der Waals surface area contributed by atoms with E-state index in [2.05, 4.69) is 21.7 Å². The third-order valence-corrected chi connectivity index (χ3v) is 7.26. The molecule has 1 aliphatic rings. The molecule has 1 saturated heterocycles. The molecule has 0 aliphatic carbocycles. The number of piperidine rings is 1. The number of hydrogen-bond acceptors (Lipinski definition) is 5. The fourth-order valence-corrected chi connectivity index (χ4v) is 4.77. The lowest BCUT2D eigenvalue weighted by Gasteiger charge is -2.32. The van der Waals surface area contributed by atoms with Crippen molar-refractivity contribution in [1.29, 1.82) is 0 Å². The van der Waals surface area contributed by atoms with Gasteiger partial charge in [0.25, 0.3) is 0 Å². The molecular weight excluding hydrogens is 390 g/mol. The van der Waals surface area contributed by atoms with E-state index in [1.165, 1.54) is 18.4 Å². The Morgan fingerprint density at radius 3 is 2.72 bits per heavy atom. The molecule has 2 aromatic rings. The zero-order valence-electron chi connectivity index (χ0n) is 17.7. The smallest absolute Gasteiger partial charge is 0.242 e. The Bertz CT molecular complexity index is 983. The number of nitrogens with one attached hydrogen (secondary N) is 1. The first-order chi connectivity index (χ1) is 13.8. The first-order valence-corrected chi connectivity index (χ1v) is 11.6. The van der Waals surface area contributed by atoms with Crippen LogP contribution in [0.4, 0.5) is 0 Å². The molecule has 2 heterocycles. The van der Waals surface area contributed by atoms with Crippen LogP contribution in [0.25, 0.3) is 11.0 Å². The van der Waals surface area contributed by atoms with Gasteiger partial charge in [0.2, 0.25) is 15.9 Å². The molecule has 3 rings (SSSR count). The van der Waals surface area contributed by atoms with E-state index in [1.54, 1.807) is 12.1 Å². The van der Waals surface area contributed by atoms with E-state index in [9.17, 15) is 13.2 Å². The largest absolute Gasteiger partial charge is 0.352 e. The molecular formula is C20H31N5O3S. The highest BCUT2D eigenvalue weighted by Crippen LogP contribution is 2.23. The Labute approximate surface area is 172 Å². The molecule has 9 heteroatoms. The van der Waals surface area contributed by atoms with Gasteiger partial charge in [0.15, 0.2) is 0 Å². The van der Waals surface area contributed by atoms with Crippen molar-refractivity contribution in [3.63, 3.8) is 0 Å². The molecule has 1 amide bonds. The van der Waals surface area contributed by atoms with E-state index in [-0.39, 0.29) is 16.8 Å². The van der Waals surface area contributed by atoms with E-state index in [0.717, 1.165) is 43.8 Å². The Kier molecular flexibility index (Phi) is 6.60. The normalized spacial score (nSPS) is 18.4. The second-order valence-corrected chi connectivity index (χ2v) is 9.86. The van der Waals surface area contributed by atoms with Gasteiger partial charge in [0.1, 0.15) is 5.82 Å². The molecule has 1 aliphatic heterocycles. The molecule has 8 nitrogen and oxygen atoms in total. The van der Waals surface area contributed by atoms with Gasteiger partial charge in [0.05, 0.1) is 22.5 Å². The summed E-state index contributed by atoms with van der Waals surface area (Å²) in [6.07, 6.45) is 2.53. The van der Waals surface area contributed by atoms with Crippen molar-refractivity contribution in [2.75, 3.05) is 27.2 Å². The summed E-state index contributed by atoms with van der Waals surface area (Å²) in [5.74, 6) is 1.01.